The monoisotopic (exact) mass is 281 g/mol. The van der Waals surface area contributed by atoms with Crippen LogP contribution in [0.25, 0.3) is 5.69 Å². The molecular weight excluding hydrogens is 265 g/mol. The van der Waals surface area contributed by atoms with E-state index in [4.69, 9.17) is 0 Å². The molecule has 0 aliphatic carbocycles. The maximum absolute atomic E-state index is 13.6. The number of nitrogens with zero attached hydrogens (tertiary/aromatic N) is 2. The summed E-state index contributed by atoms with van der Waals surface area (Å²) in [6.07, 6.45) is 3.64. The highest BCUT2D eigenvalue weighted by molar-refractivity contribution is 5.47. The molecule has 0 saturated carbocycles. The molecule has 1 aromatic heterocycles. The lowest BCUT2D eigenvalue weighted by Crippen LogP contribution is -2.02. The van der Waals surface area contributed by atoms with Gasteiger partial charge in [-0.05, 0) is 48.4 Å². The third-order valence-electron chi connectivity index (χ3n) is 3.31. The molecule has 0 bridgehead atoms. The molecule has 0 radical (unpaired) electrons. The van der Waals surface area contributed by atoms with Crippen molar-refractivity contribution in [2.45, 2.75) is 13.5 Å². The Morgan fingerprint density at radius 2 is 1.95 bits per heavy atom. The van der Waals surface area contributed by atoms with Crippen LogP contribution in [-0.2, 0) is 6.54 Å². The number of nitrogens with one attached hydrogen (secondary N) is 1. The summed E-state index contributed by atoms with van der Waals surface area (Å²) in [4.78, 5) is 0. The van der Waals surface area contributed by atoms with Crippen molar-refractivity contribution in [1.29, 1.82) is 0 Å². The van der Waals surface area contributed by atoms with Crippen molar-refractivity contribution in [1.82, 2.24) is 9.78 Å². The van der Waals surface area contributed by atoms with Gasteiger partial charge in [0.2, 0.25) is 0 Å². The number of anilines is 1. The Morgan fingerprint density at radius 1 is 1.14 bits per heavy atom. The first-order valence-electron chi connectivity index (χ1n) is 6.81. The van der Waals surface area contributed by atoms with E-state index in [1.807, 2.05) is 49.5 Å². The molecule has 3 nitrogen and oxygen atoms in total. The maximum atomic E-state index is 13.6. The van der Waals surface area contributed by atoms with Crippen LogP contribution in [0.15, 0.2) is 60.9 Å². The van der Waals surface area contributed by atoms with Gasteiger partial charge in [-0.1, -0.05) is 18.2 Å². The molecule has 0 atom stereocenters. The Hall–Kier alpha value is -2.62. The summed E-state index contributed by atoms with van der Waals surface area (Å²) in [6.45, 7) is 2.53. The zero-order valence-corrected chi connectivity index (χ0v) is 11.8. The van der Waals surface area contributed by atoms with E-state index in [1.54, 1.807) is 16.9 Å². The van der Waals surface area contributed by atoms with Crippen molar-refractivity contribution in [2.24, 2.45) is 0 Å². The molecule has 1 heterocycles. The topological polar surface area (TPSA) is 29.9 Å². The predicted octanol–water partition coefficient (Wildman–Crippen LogP) is 3.93. The molecule has 0 saturated heterocycles. The van der Waals surface area contributed by atoms with E-state index in [0.29, 0.717) is 12.2 Å². The van der Waals surface area contributed by atoms with Crippen LogP contribution in [0, 0.1) is 12.7 Å². The molecule has 0 fully saturated rings. The zero-order chi connectivity index (χ0) is 14.7. The van der Waals surface area contributed by atoms with Gasteiger partial charge in [-0.25, -0.2) is 9.07 Å². The van der Waals surface area contributed by atoms with E-state index in [0.717, 1.165) is 16.8 Å². The summed E-state index contributed by atoms with van der Waals surface area (Å²) in [7, 11) is 0. The fourth-order valence-electron chi connectivity index (χ4n) is 2.16. The van der Waals surface area contributed by atoms with Crippen molar-refractivity contribution in [3.8, 4) is 5.69 Å². The highest BCUT2D eigenvalue weighted by Crippen LogP contribution is 2.17. The van der Waals surface area contributed by atoms with Crippen LogP contribution in [0.4, 0.5) is 10.1 Å². The minimum Gasteiger partial charge on any atom is -0.379 e. The lowest BCUT2D eigenvalue weighted by atomic mass is 10.2. The molecule has 3 rings (SSSR count). The van der Waals surface area contributed by atoms with E-state index in [2.05, 4.69) is 10.4 Å². The van der Waals surface area contributed by atoms with E-state index >= 15 is 0 Å². The standard InChI is InChI=1S/C17H16FN3/c1-13-3-8-16(18)17(11-13)19-12-14-4-6-15(7-5-14)21-10-2-9-20-21/h2-11,19H,12H2,1H3. The number of rotatable bonds is 4. The summed E-state index contributed by atoms with van der Waals surface area (Å²) in [6, 6.07) is 15.0. The molecule has 1 N–H and O–H groups in total. The average Bonchev–Trinajstić information content (AvgIpc) is 3.03. The van der Waals surface area contributed by atoms with Crippen LogP contribution in [0.1, 0.15) is 11.1 Å². The number of halogens is 1. The van der Waals surface area contributed by atoms with Gasteiger partial charge in [-0.3, -0.25) is 0 Å². The molecule has 0 aliphatic rings. The second kappa shape index (κ2) is 5.79. The first-order chi connectivity index (χ1) is 10.2. The Bertz CT molecular complexity index is 718. The summed E-state index contributed by atoms with van der Waals surface area (Å²) in [5.41, 5.74) is 3.66. The largest absolute Gasteiger partial charge is 0.379 e. The molecule has 0 amide bonds. The molecular formula is C17H16FN3. The molecule has 3 aromatic rings. The summed E-state index contributed by atoms with van der Waals surface area (Å²) in [5, 5.41) is 7.31. The minimum atomic E-state index is -0.228. The Balaban J connectivity index is 1.70. The van der Waals surface area contributed by atoms with Gasteiger partial charge in [-0.15, -0.1) is 0 Å². The Morgan fingerprint density at radius 3 is 2.67 bits per heavy atom. The summed E-state index contributed by atoms with van der Waals surface area (Å²) < 4.78 is 15.5. The van der Waals surface area contributed by atoms with E-state index in [1.165, 1.54) is 6.07 Å². The summed E-state index contributed by atoms with van der Waals surface area (Å²) in [5.74, 6) is -0.228. The third kappa shape index (κ3) is 3.11. The van der Waals surface area contributed by atoms with Gasteiger partial charge in [0.15, 0.2) is 0 Å². The molecule has 0 unspecified atom stereocenters. The number of hydrogen-bond donors (Lipinski definition) is 1. The third-order valence-corrected chi connectivity index (χ3v) is 3.31. The van der Waals surface area contributed by atoms with Crippen LogP contribution in [-0.4, -0.2) is 9.78 Å². The average molecular weight is 281 g/mol. The number of hydrogen-bond acceptors (Lipinski definition) is 2. The summed E-state index contributed by atoms with van der Waals surface area (Å²) >= 11 is 0. The number of aryl methyl sites for hydroxylation is 1. The number of benzene rings is 2. The predicted molar refractivity (Wildman–Crippen MR) is 82.0 cm³/mol. The lowest BCUT2D eigenvalue weighted by Gasteiger charge is -2.09. The van der Waals surface area contributed by atoms with Gasteiger partial charge in [0.05, 0.1) is 11.4 Å². The van der Waals surface area contributed by atoms with Crippen LogP contribution in [0.3, 0.4) is 0 Å². The zero-order valence-electron chi connectivity index (χ0n) is 11.8. The fourth-order valence-corrected chi connectivity index (χ4v) is 2.16. The van der Waals surface area contributed by atoms with Crippen LogP contribution in [0.5, 0.6) is 0 Å². The van der Waals surface area contributed by atoms with Gasteiger partial charge in [0, 0.05) is 18.9 Å². The number of aromatic nitrogens is 2. The molecule has 4 heteroatoms. The second-order valence-corrected chi connectivity index (χ2v) is 4.95. The first-order valence-corrected chi connectivity index (χ1v) is 6.81. The van der Waals surface area contributed by atoms with Gasteiger partial charge in [0.25, 0.3) is 0 Å². The van der Waals surface area contributed by atoms with Gasteiger partial charge in [-0.2, -0.15) is 5.10 Å². The SMILES string of the molecule is Cc1ccc(F)c(NCc2ccc(-n3cccn3)cc2)c1. The van der Waals surface area contributed by atoms with E-state index in [-0.39, 0.29) is 5.82 Å². The minimum absolute atomic E-state index is 0.228. The molecule has 21 heavy (non-hydrogen) atoms. The maximum Gasteiger partial charge on any atom is 0.146 e. The second-order valence-electron chi connectivity index (χ2n) is 4.95. The molecule has 0 spiro atoms. The van der Waals surface area contributed by atoms with Gasteiger partial charge in [0.1, 0.15) is 5.82 Å². The quantitative estimate of drug-likeness (QED) is 0.785. The highest BCUT2D eigenvalue weighted by atomic mass is 19.1. The van der Waals surface area contributed by atoms with Crippen molar-refractivity contribution in [3.63, 3.8) is 0 Å². The van der Waals surface area contributed by atoms with Crippen molar-refractivity contribution < 1.29 is 4.39 Å². The molecule has 106 valence electrons. The Kier molecular flexibility index (Phi) is 3.69. The van der Waals surface area contributed by atoms with Crippen molar-refractivity contribution in [3.05, 3.63) is 77.9 Å². The first kappa shape index (κ1) is 13.4. The van der Waals surface area contributed by atoms with Gasteiger partial charge >= 0.3 is 0 Å². The molecule has 0 aliphatic heterocycles. The smallest absolute Gasteiger partial charge is 0.146 e. The van der Waals surface area contributed by atoms with Crippen LogP contribution in [0.2, 0.25) is 0 Å². The van der Waals surface area contributed by atoms with Crippen LogP contribution < -0.4 is 5.32 Å². The van der Waals surface area contributed by atoms with E-state index in [9.17, 15) is 4.39 Å². The lowest BCUT2D eigenvalue weighted by molar-refractivity contribution is 0.629. The highest BCUT2D eigenvalue weighted by Gasteiger charge is 2.02. The fraction of sp³-hybridized carbons (Fsp3) is 0.118. The van der Waals surface area contributed by atoms with Crippen LogP contribution >= 0.6 is 0 Å². The normalized spacial score (nSPS) is 10.6. The Labute approximate surface area is 123 Å². The van der Waals surface area contributed by atoms with Crippen molar-refractivity contribution in [2.75, 3.05) is 5.32 Å². The van der Waals surface area contributed by atoms with Gasteiger partial charge < -0.3 is 5.32 Å². The van der Waals surface area contributed by atoms with E-state index < -0.39 is 0 Å². The van der Waals surface area contributed by atoms with Crippen molar-refractivity contribution >= 4 is 5.69 Å². The molecule has 2 aromatic carbocycles.